The van der Waals surface area contributed by atoms with Crippen molar-refractivity contribution in [2.75, 3.05) is 20.2 Å². The molecular weight excluding hydrogens is 258 g/mol. The molecule has 0 atom stereocenters. The van der Waals surface area contributed by atoms with Gasteiger partial charge in [-0.2, -0.15) is 0 Å². The van der Waals surface area contributed by atoms with Crippen LogP contribution >= 0.6 is 0 Å². The predicted molar refractivity (Wildman–Crippen MR) is 76.0 cm³/mol. The van der Waals surface area contributed by atoms with Gasteiger partial charge in [-0.15, -0.1) is 0 Å². The first kappa shape index (κ1) is 14.6. The number of rotatable bonds is 4. The Hall–Kier alpha value is -1.79. The molecule has 20 heavy (non-hydrogen) atoms. The number of ether oxygens (including phenoxy) is 1. The number of hydrogen-bond donors (Lipinski definition) is 3. The van der Waals surface area contributed by atoms with Crippen molar-refractivity contribution in [3.05, 3.63) is 29.3 Å². The van der Waals surface area contributed by atoms with Gasteiger partial charge in [0.2, 0.25) is 0 Å². The molecule has 0 amide bonds. The predicted octanol–water partition coefficient (Wildman–Crippen LogP) is 0.746. The van der Waals surface area contributed by atoms with Crippen LogP contribution in [0.4, 0.5) is 0 Å². The maximum atomic E-state index is 9.51. The summed E-state index contributed by atoms with van der Waals surface area (Å²) in [4.78, 5) is 2.28. The van der Waals surface area contributed by atoms with Crippen LogP contribution in [-0.2, 0) is 6.54 Å². The standard InChI is InChI=1S/C14H21N3O3/c1-20-13-3-2-10(8-12(13)14(15)16-19)9-17-6-4-11(18)5-7-17/h2-3,8,11,18-19H,4-7,9H2,1H3,(H2,15,16). The summed E-state index contributed by atoms with van der Waals surface area (Å²) in [6, 6.07) is 5.67. The van der Waals surface area contributed by atoms with Gasteiger partial charge in [0.05, 0.1) is 18.8 Å². The summed E-state index contributed by atoms with van der Waals surface area (Å²) < 4.78 is 5.21. The second-order valence-corrected chi connectivity index (χ2v) is 5.03. The van der Waals surface area contributed by atoms with E-state index in [-0.39, 0.29) is 11.9 Å². The number of benzene rings is 1. The zero-order valence-electron chi connectivity index (χ0n) is 11.6. The fourth-order valence-electron chi connectivity index (χ4n) is 2.44. The molecule has 1 saturated heterocycles. The number of piperidine rings is 1. The largest absolute Gasteiger partial charge is 0.496 e. The summed E-state index contributed by atoms with van der Waals surface area (Å²) in [5.41, 5.74) is 7.32. The second kappa shape index (κ2) is 6.58. The number of oxime groups is 1. The van der Waals surface area contributed by atoms with Gasteiger partial charge in [0.15, 0.2) is 5.84 Å². The summed E-state index contributed by atoms with van der Waals surface area (Å²) in [6.07, 6.45) is 1.45. The summed E-state index contributed by atoms with van der Waals surface area (Å²) in [5, 5.41) is 21.4. The summed E-state index contributed by atoms with van der Waals surface area (Å²) in [5.74, 6) is 0.621. The van der Waals surface area contributed by atoms with E-state index in [2.05, 4.69) is 10.1 Å². The molecule has 6 nitrogen and oxygen atoms in total. The van der Waals surface area contributed by atoms with E-state index in [9.17, 15) is 5.11 Å². The second-order valence-electron chi connectivity index (χ2n) is 5.03. The molecule has 0 unspecified atom stereocenters. The normalized spacial score (nSPS) is 18.2. The average molecular weight is 279 g/mol. The Balaban J connectivity index is 2.12. The third-order valence-corrected chi connectivity index (χ3v) is 3.61. The van der Waals surface area contributed by atoms with Crippen molar-refractivity contribution >= 4 is 5.84 Å². The quantitative estimate of drug-likeness (QED) is 0.327. The van der Waals surface area contributed by atoms with Gasteiger partial charge >= 0.3 is 0 Å². The zero-order chi connectivity index (χ0) is 14.5. The van der Waals surface area contributed by atoms with Crippen LogP contribution < -0.4 is 10.5 Å². The maximum absolute atomic E-state index is 9.51. The van der Waals surface area contributed by atoms with Gasteiger partial charge in [-0.3, -0.25) is 4.90 Å². The molecule has 0 saturated carbocycles. The monoisotopic (exact) mass is 279 g/mol. The van der Waals surface area contributed by atoms with Crippen LogP contribution in [0.2, 0.25) is 0 Å². The highest BCUT2D eigenvalue weighted by molar-refractivity contribution is 5.99. The summed E-state index contributed by atoms with van der Waals surface area (Å²) in [7, 11) is 1.55. The Labute approximate surface area is 118 Å². The molecule has 0 radical (unpaired) electrons. The lowest BCUT2D eigenvalue weighted by Crippen LogP contribution is -2.35. The number of methoxy groups -OCH3 is 1. The average Bonchev–Trinajstić information content (AvgIpc) is 2.48. The number of likely N-dealkylation sites (tertiary alicyclic amines) is 1. The van der Waals surface area contributed by atoms with E-state index in [0.29, 0.717) is 11.3 Å². The number of hydrogen-bond acceptors (Lipinski definition) is 5. The lowest BCUT2D eigenvalue weighted by molar-refractivity contribution is 0.0792. The van der Waals surface area contributed by atoms with Crippen molar-refractivity contribution in [1.29, 1.82) is 0 Å². The van der Waals surface area contributed by atoms with Crippen molar-refractivity contribution in [2.45, 2.75) is 25.5 Å². The SMILES string of the molecule is COc1ccc(CN2CCC(O)CC2)cc1C(N)=NO. The molecule has 1 aromatic rings. The van der Waals surface area contributed by atoms with Gasteiger partial charge in [-0.05, 0) is 30.5 Å². The van der Waals surface area contributed by atoms with Crippen LogP contribution in [0.3, 0.4) is 0 Å². The van der Waals surface area contributed by atoms with Crippen LogP contribution in [-0.4, -0.2) is 47.4 Å². The van der Waals surface area contributed by atoms with Crippen LogP contribution in [0, 0.1) is 0 Å². The van der Waals surface area contributed by atoms with Crippen LogP contribution in [0.25, 0.3) is 0 Å². The van der Waals surface area contributed by atoms with Gasteiger partial charge in [-0.1, -0.05) is 11.2 Å². The van der Waals surface area contributed by atoms with Crippen LogP contribution in [0.15, 0.2) is 23.4 Å². The van der Waals surface area contributed by atoms with E-state index in [0.717, 1.165) is 38.0 Å². The van der Waals surface area contributed by atoms with Gasteiger partial charge in [0.1, 0.15) is 5.75 Å². The Kier molecular flexibility index (Phi) is 4.81. The minimum absolute atomic E-state index is 0.0396. The molecule has 1 aliphatic rings. The highest BCUT2D eigenvalue weighted by Crippen LogP contribution is 2.21. The van der Waals surface area contributed by atoms with Crippen molar-refractivity contribution in [3.8, 4) is 5.75 Å². The Morgan fingerprint density at radius 3 is 2.75 bits per heavy atom. The number of amidine groups is 1. The molecule has 6 heteroatoms. The first-order valence-electron chi connectivity index (χ1n) is 6.69. The van der Waals surface area contributed by atoms with Crippen LogP contribution in [0.1, 0.15) is 24.0 Å². The van der Waals surface area contributed by atoms with Crippen molar-refractivity contribution < 1.29 is 15.1 Å². The minimum Gasteiger partial charge on any atom is -0.496 e. The molecule has 110 valence electrons. The van der Waals surface area contributed by atoms with Crippen molar-refractivity contribution in [2.24, 2.45) is 10.9 Å². The third kappa shape index (κ3) is 3.40. The van der Waals surface area contributed by atoms with E-state index in [1.165, 1.54) is 0 Å². The molecule has 0 bridgehead atoms. The van der Waals surface area contributed by atoms with Gasteiger partial charge in [0, 0.05) is 19.6 Å². The van der Waals surface area contributed by atoms with Gasteiger partial charge in [0.25, 0.3) is 0 Å². The number of nitrogens with two attached hydrogens (primary N) is 1. The smallest absolute Gasteiger partial charge is 0.173 e. The molecule has 1 aromatic carbocycles. The Bertz CT molecular complexity index is 483. The minimum atomic E-state index is -0.171. The first-order valence-corrected chi connectivity index (χ1v) is 6.69. The Morgan fingerprint density at radius 2 is 2.15 bits per heavy atom. The van der Waals surface area contributed by atoms with E-state index in [1.54, 1.807) is 7.11 Å². The zero-order valence-corrected chi connectivity index (χ0v) is 11.6. The van der Waals surface area contributed by atoms with Gasteiger partial charge in [-0.25, -0.2) is 0 Å². The fraction of sp³-hybridized carbons (Fsp3) is 0.500. The highest BCUT2D eigenvalue weighted by Gasteiger charge is 2.17. The molecule has 0 aliphatic carbocycles. The van der Waals surface area contributed by atoms with Crippen LogP contribution in [0.5, 0.6) is 5.75 Å². The molecular formula is C14H21N3O3. The summed E-state index contributed by atoms with van der Waals surface area (Å²) >= 11 is 0. The molecule has 4 N–H and O–H groups in total. The fourth-order valence-corrected chi connectivity index (χ4v) is 2.44. The van der Waals surface area contributed by atoms with E-state index in [4.69, 9.17) is 15.7 Å². The first-order chi connectivity index (χ1) is 9.63. The molecule has 2 rings (SSSR count). The van der Waals surface area contributed by atoms with E-state index < -0.39 is 0 Å². The number of aliphatic hydroxyl groups excluding tert-OH is 1. The van der Waals surface area contributed by atoms with Gasteiger partial charge < -0.3 is 20.8 Å². The number of nitrogens with zero attached hydrogens (tertiary/aromatic N) is 2. The molecule has 1 fully saturated rings. The molecule has 0 aromatic heterocycles. The lowest BCUT2D eigenvalue weighted by Gasteiger charge is -2.29. The summed E-state index contributed by atoms with van der Waals surface area (Å²) in [6.45, 7) is 2.54. The molecule has 0 spiro atoms. The van der Waals surface area contributed by atoms with Crippen molar-refractivity contribution in [3.63, 3.8) is 0 Å². The topological polar surface area (TPSA) is 91.3 Å². The Morgan fingerprint density at radius 1 is 1.45 bits per heavy atom. The highest BCUT2D eigenvalue weighted by atomic mass is 16.5. The third-order valence-electron chi connectivity index (χ3n) is 3.61. The lowest BCUT2D eigenvalue weighted by atomic mass is 10.1. The number of aliphatic hydroxyl groups is 1. The van der Waals surface area contributed by atoms with E-state index >= 15 is 0 Å². The molecule has 1 aliphatic heterocycles. The molecule has 1 heterocycles. The van der Waals surface area contributed by atoms with Crippen molar-refractivity contribution in [1.82, 2.24) is 4.90 Å². The van der Waals surface area contributed by atoms with E-state index in [1.807, 2.05) is 18.2 Å². The maximum Gasteiger partial charge on any atom is 0.173 e.